The Morgan fingerprint density at radius 1 is 1.56 bits per heavy atom. The minimum Gasteiger partial charge on any atom is -0.333 e. The number of nitrogens with zero attached hydrogens (tertiary/aromatic N) is 1. The average molecular weight is 284 g/mol. The van der Waals surface area contributed by atoms with E-state index in [0.717, 1.165) is 10.9 Å². The number of aromatic nitrogens is 1. The van der Waals surface area contributed by atoms with Gasteiger partial charge in [0, 0.05) is 35.0 Å². The van der Waals surface area contributed by atoms with Crippen molar-refractivity contribution in [3.8, 4) is 0 Å². The molecule has 0 aliphatic carbocycles. The van der Waals surface area contributed by atoms with Crippen LogP contribution < -0.4 is 10.6 Å². The summed E-state index contributed by atoms with van der Waals surface area (Å²) < 4.78 is 2.50. The summed E-state index contributed by atoms with van der Waals surface area (Å²) in [5, 5.41) is 6.59. The highest BCUT2D eigenvalue weighted by Crippen LogP contribution is 2.28. The molecule has 86 valence electrons. The molecule has 0 saturated carbocycles. The molecule has 2 N–H and O–H groups in total. The third kappa shape index (κ3) is 1.78. The second kappa shape index (κ2) is 3.89. The zero-order valence-electron chi connectivity index (χ0n) is 8.82. The summed E-state index contributed by atoms with van der Waals surface area (Å²) in [6.45, 7) is 0. The fourth-order valence-electron chi connectivity index (χ4n) is 2.71. The summed E-state index contributed by atoms with van der Waals surface area (Å²) in [6, 6.07) is 3.22. The molecule has 1 aromatic rings. The van der Waals surface area contributed by atoms with Gasteiger partial charge in [0.1, 0.15) is 0 Å². The summed E-state index contributed by atoms with van der Waals surface area (Å²) in [5.74, 6) is 0. The predicted octanol–water partition coefficient (Wildman–Crippen LogP) is 1.70. The van der Waals surface area contributed by atoms with E-state index in [9.17, 15) is 4.79 Å². The maximum atomic E-state index is 11.9. The van der Waals surface area contributed by atoms with Gasteiger partial charge < -0.3 is 10.6 Å². The fourth-order valence-corrected chi connectivity index (χ4v) is 3.05. The van der Waals surface area contributed by atoms with Gasteiger partial charge in [0.05, 0.1) is 0 Å². The monoisotopic (exact) mass is 283 g/mol. The number of carbonyl (C=O) groups is 1. The van der Waals surface area contributed by atoms with E-state index in [4.69, 9.17) is 0 Å². The van der Waals surface area contributed by atoms with E-state index in [1.807, 2.05) is 6.07 Å². The molecule has 2 aliphatic rings. The van der Waals surface area contributed by atoms with Crippen LogP contribution in [-0.4, -0.2) is 28.7 Å². The molecule has 16 heavy (non-hydrogen) atoms. The van der Waals surface area contributed by atoms with Crippen molar-refractivity contribution in [2.24, 2.45) is 0 Å². The van der Waals surface area contributed by atoms with Gasteiger partial charge in [-0.25, -0.2) is 4.79 Å². The van der Waals surface area contributed by atoms with Crippen LogP contribution >= 0.6 is 15.9 Å². The van der Waals surface area contributed by atoms with Crippen molar-refractivity contribution in [2.45, 2.75) is 37.4 Å². The van der Waals surface area contributed by atoms with Crippen molar-refractivity contribution in [1.82, 2.24) is 15.2 Å². The molecule has 2 saturated heterocycles. The van der Waals surface area contributed by atoms with E-state index in [0.29, 0.717) is 18.1 Å². The number of fused-ring (bicyclic) bond motifs is 2. The predicted molar refractivity (Wildman–Crippen MR) is 64.4 cm³/mol. The van der Waals surface area contributed by atoms with Crippen LogP contribution in [0.15, 0.2) is 22.9 Å². The highest BCUT2D eigenvalue weighted by atomic mass is 79.9. The van der Waals surface area contributed by atoms with Crippen molar-refractivity contribution in [1.29, 1.82) is 0 Å². The lowest BCUT2D eigenvalue weighted by atomic mass is 9.96. The molecule has 0 spiro atoms. The van der Waals surface area contributed by atoms with E-state index >= 15 is 0 Å². The molecule has 2 aliphatic heterocycles. The summed E-state index contributed by atoms with van der Waals surface area (Å²) in [7, 11) is 0. The van der Waals surface area contributed by atoms with Crippen LogP contribution in [0.25, 0.3) is 0 Å². The average Bonchev–Trinajstić information content (AvgIpc) is 2.92. The van der Waals surface area contributed by atoms with Gasteiger partial charge in [-0.1, -0.05) is 0 Å². The molecule has 2 bridgehead atoms. The fraction of sp³-hybridized carbons (Fsp3) is 0.545. The van der Waals surface area contributed by atoms with Crippen LogP contribution in [0.3, 0.4) is 0 Å². The first-order valence-corrected chi connectivity index (χ1v) is 6.42. The van der Waals surface area contributed by atoms with Crippen LogP contribution in [0.1, 0.15) is 19.3 Å². The molecular formula is C11H14BrN3O. The normalized spacial score (nSPS) is 31.9. The standard InChI is InChI=1S/C11H14BrN3O/c12-7-3-4-15(6-7)11(16)14-10-5-8-1-2-9(10)13-8/h3-4,6,8-10,13H,1-2,5H2,(H,14,16)/t8-,9+,10-/m1/s1. The van der Waals surface area contributed by atoms with E-state index in [1.165, 1.54) is 12.8 Å². The Balaban J connectivity index is 1.65. The van der Waals surface area contributed by atoms with Crippen LogP contribution in [0.2, 0.25) is 0 Å². The quantitative estimate of drug-likeness (QED) is 0.824. The summed E-state index contributed by atoms with van der Waals surface area (Å²) in [5.41, 5.74) is 0. The Hall–Kier alpha value is -0.810. The van der Waals surface area contributed by atoms with Crippen molar-refractivity contribution >= 4 is 22.0 Å². The van der Waals surface area contributed by atoms with Gasteiger partial charge in [0.25, 0.3) is 0 Å². The van der Waals surface area contributed by atoms with Crippen LogP contribution in [0.4, 0.5) is 4.79 Å². The lowest BCUT2D eigenvalue weighted by Gasteiger charge is -2.21. The Morgan fingerprint density at radius 3 is 3.00 bits per heavy atom. The Kier molecular flexibility index (Phi) is 2.52. The van der Waals surface area contributed by atoms with Gasteiger partial charge in [0.15, 0.2) is 0 Å². The molecule has 3 rings (SSSR count). The van der Waals surface area contributed by atoms with Crippen LogP contribution in [0, 0.1) is 0 Å². The van der Waals surface area contributed by atoms with Gasteiger partial charge in [0.2, 0.25) is 0 Å². The lowest BCUT2D eigenvalue weighted by molar-refractivity contribution is 0.236. The smallest absolute Gasteiger partial charge is 0.325 e. The zero-order valence-corrected chi connectivity index (χ0v) is 10.4. The SMILES string of the molecule is O=C(N[C@@H]1C[C@H]2CC[C@@H]1N2)n1ccc(Br)c1. The van der Waals surface area contributed by atoms with Crippen molar-refractivity contribution in [3.05, 3.63) is 22.9 Å². The molecule has 1 amide bonds. The first-order chi connectivity index (χ1) is 7.72. The number of nitrogens with one attached hydrogen (secondary N) is 2. The molecule has 2 fully saturated rings. The van der Waals surface area contributed by atoms with Gasteiger partial charge in [-0.2, -0.15) is 0 Å². The third-order valence-electron chi connectivity index (χ3n) is 3.50. The Bertz CT molecular complexity index is 417. The summed E-state index contributed by atoms with van der Waals surface area (Å²) >= 11 is 3.33. The molecule has 3 atom stereocenters. The van der Waals surface area contributed by atoms with Gasteiger partial charge in [-0.15, -0.1) is 0 Å². The van der Waals surface area contributed by atoms with Gasteiger partial charge in [-0.05, 0) is 41.3 Å². The number of amides is 1. The number of rotatable bonds is 1. The minimum atomic E-state index is -0.0370. The molecule has 3 heterocycles. The van der Waals surface area contributed by atoms with Crippen LogP contribution in [-0.2, 0) is 0 Å². The molecule has 4 nitrogen and oxygen atoms in total. The number of halogens is 1. The van der Waals surface area contributed by atoms with E-state index in [-0.39, 0.29) is 6.03 Å². The van der Waals surface area contributed by atoms with Crippen LogP contribution in [0.5, 0.6) is 0 Å². The number of hydrogen-bond acceptors (Lipinski definition) is 2. The Morgan fingerprint density at radius 2 is 2.44 bits per heavy atom. The number of hydrogen-bond donors (Lipinski definition) is 2. The highest BCUT2D eigenvalue weighted by molar-refractivity contribution is 9.10. The molecule has 1 aromatic heterocycles. The lowest BCUT2D eigenvalue weighted by Crippen LogP contribution is -2.44. The maximum absolute atomic E-state index is 11.9. The largest absolute Gasteiger partial charge is 0.333 e. The van der Waals surface area contributed by atoms with Crippen molar-refractivity contribution in [3.63, 3.8) is 0 Å². The maximum Gasteiger partial charge on any atom is 0.325 e. The van der Waals surface area contributed by atoms with Crippen molar-refractivity contribution < 1.29 is 4.79 Å². The molecular weight excluding hydrogens is 270 g/mol. The molecule has 0 aromatic carbocycles. The number of carbonyl (C=O) groups excluding carboxylic acids is 1. The minimum absolute atomic E-state index is 0.0370. The zero-order chi connectivity index (χ0) is 11.1. The summed E-state index contributed by atoms with van der Waals surface area (Å²) in [6.07, 6.45) is 7.05. The van der Waals surface area contributed by atoms with E-state index in [1.54, 1.807) is 17.0 Å². The van der Waals surface area contributed by atoms with Crippen molar-refractivity contribution in [2.75, 3.05) is 0 Å². The molecule has 0 unspecified atom stereocenters. The van der Waals surface area contributed by atoms with E-state index < -0.39 is 0 Å². The first kappa shape index (κ1) is 10.4. The summed E-state index contributed by atoms with van der Waals surface area (Å²) in [4.78, 5) is 11.9. The van der Waals surface area contributed by atoms with Gasteiger partial charge >= 0.3 is 6.03 Å². The second-order valence-electron chi connectivity index (χ2n) is 4.58. The molecule has 5 heteroatoms. The first-order valence-electron chi connectivity index (χ1n) is 5.63. The van der Waals surface area contributed by atoms with Gasteiger partial charge in [-0.3, -0.25) is 4.57 Å². The Labute approximate surface area is 103 Å². The highest BCUT2D eigenvalue weighted by Gasteiger charge is 2.39. The molecule has 0 radical (unpaired) electrons. The van der Waals surface area contributed by atoms with E-state index in [2.05, 4.69) is 26.6 Å². The second-order valence-corrected chi connectivity index (χ2v) is 5.49. The third-order valence-corrected chi connectivity index (χ3v) is 3.97. The topological polar surface area (TPSA) is 46.1 Å².